The molecule has 0 saturated carbocycles. The van der Waals surface area contributed by atoms with Gasteiger partial charge in [0.2, 0.25) is 6.79 Å². The van der Waals surface area contributed by atoms with Crippen LogP contribution in [0.15, 0.2) is 42.5 Å². The molecule has 0 radical (unpaired) electrons. The molecule has 2 aromatic rings. The average molecular weight is 283 g/mol. The highest BCUT2D eigenvalue weighted by Crippen LogP contribution is 2.36. The number of hydrogen-bond donors (Lipinski definition) is 0. The van der Waals surface area contributed by atoms with Crippen LogP contribution in [0.2, 0.25) is 0 Å². The molecule has 1 saturated heterocycles. The van der Waals surface area contributed by atoms with Crippen molar-refractivity contribution in [1.82, 2.24) is 0 Å². The third kappa shape index (κ3) is 2.49. The van der Waals surface area contributed by atoms with Gasteiger partial charge in [-0.05, 0) is 49.2 Å². The molecular weight excluding hydrogens is 266 g/mol. The van der Waals surface area contributed by atoms with Gasteiger partial charge in [0.15, 0.2) is 11.5 Å². The van der Waals surface area contributed by atoms with Gasteiger partial charge in [0.1, 0.15) is 11.5 Å². The van der Waals surface area contributed by atoms with Crippen LogP contribution < -0.4 is 19.1 Å². The molecule has 0 aliphatic carbocycles. The van der Waals surface area contributed by atoms with Crippen LogP contribution in [0.25, 0.3) is 0 Å². The van der Waals surface area contributed by atoms with Gasteiger partial charge in [-0.2, -0.15) is 0 Å². The van der Waals surface area contributed by atoms with Gasteiger partial charge in [-0.3, -0.25) is 0 Å². The van der Waals surface area contributed by atoms with Crippen molar-refractivity contribution in [1.29, 1.82) is 0 Å². The first kappa shape index (κ1) is 12.4. The maximum Gasteiger partial charge on any atom is 0.231 e. The molecule has 4 nitrogen and oxygen atoms in total. The molecule has 4 rings (SSSR count). The number of rotatable bonds is 3. The van der Waals surface area contributed by atoms with E-state index in [1.807, 2.05) is 30.3 Å². The molecule has 0 aromatic heterocycles. The van der Waals surface area contributed by atoms with Gasteiger partial charge < -0.3 is 19.1 Å². The first-order valence-electron chi connectivity index (χ1n) is 7.31. The summed E-state index contributed by atoms with van der Waals surface area (Å²) in [6.07, 6.45) is 2.57. The second kappa shape index (κ2) is 5.20. The van der Waals surface area contributed by atoms with Crippen molar-refractivity contribution in [2.24, 2.45) is 0 Å². The number of hydrogen-bond acceptors (Lipinski definition) is 4. The summed E-state index contributed by atoms with van der Waals surface area (Å²) in [5.74, 6) is 3.10. The highest BCUT2D eigenvalue weighted by molar-refractivity contribution is 5.51. The van der Waals surface area contributed by atoms with E-state index in [1.165, 1.54) is 18.5 Å². The van der Waals surface area contributed by atoms with E-state index in [2.05, 4.69) is 17.0 Å². The van der Waals surface area contributed by atoms with E-state index in [0.29, 0.717) is 0 Å². The summed E-state index contributed by atoms with van der Waals surface area (Å²) in [5, 5.41) is 0. The Kier molecular flexibility index (Phi) is 3.07. The van der Waals surface area contributed by atoms with Gasteiger partial charge in [0.05, 0.1) is 0 Å². The standard InChI is InChI=1S/C17H17NO3/c1-2-10-18(9-1)13-3-5-14(6-4-13)21-15-7-8-16-17(11-15)20-12-19-16/h3-8,11H,1-2,9-10,12H2. The summed E-state index contributed by atoms with van der Waals surface area (Å²) in [7, 11) is 0. The van der Waals surface area contributed by atoms with Crippen molar-refractivity contribution in [3.05, 3.63) is 42.5 Å². The third-order valence-corrected chi connectivity index (χ3v) is 3.89. The lowest BCUT2D eigenvalue weighted by Crippen LogP contribution is -2.17. The molecule has 108 valence electrons. The Labute approximate surface area is 123 Å². The van der Waals surface area contributed by atoms with Crippen LogP contribution in [-0.4, -0.2) is 19.9 Å². The number of anilines is 1. The highest BCUT2D eigenvalue weighted by Gasteiger charge is 2.14. The lowest BCUT2D eigenvalue weighted by molar-refractivity contribution is 0.174. The zero-order valence-electron chi connectivity index (χ0n) is 11.7. The van der Waals surface area contributed by atoms with Gasteiger partial charge in [-0.1, -0.05) is 0 Å². The second-order valence-electron chi connectivity index (χ2n) is 5.31. The minimum atomic E-state index is 0.281. The zero-order valence-corrected chi connectivity index (χ0v) is 11.7. The maximum absolute atomic E-state index is 5.87. The minimum absolute atomic E-state index is 0.281. The van der Waals surface area contributed by atoms with Crippen LogP contribution >= 0.6 is 0 Å². The molecular formula is C17H17NO3. The Bertz CT molecular complexity index is 633. The molecule has 1 fully saturated rings. The lowest BCUT2D eigenvalue weighted by atomic mass is 10.2. The van der Waals surface area contributed by atoms with Gasteiger partial charge in [0, 0.05) is 24.8 Å². The zero-order chi connectivity index (χ0) is 14.1. The lowest BCUT2D eigenvalue weighted by Gasteiger charge is -2.17. The first-order chi connectivity index (χ1) is 10.4. The summed E-state index contributed by atoms with van der Waals surface area (Å²) in [6.45, 7) is 2.59. The van der Waals surface area contributed by atoms with E-state index >= 15 is 0 Å². The van der Waals surface area contributed by atoms with Crippen LogP contribution in [0.3, 0.4) is 0 Å². The molecule has 2 heterocycles. The van der Waals surface area contributed by atoms with Crippen LogP contribution in [-0.2, 0) is 0 Å². The van der Waals surface area contributed by atoms with E-state index in [4.69, 9.17) is 14.2 Å². The Morgan fingerprint density at radius 2 is 1.52 bits per heavy atom. The van der Waals surface area contributed by atoms with Gasteiger partial charge in [-0.15, -0.1) is 0 Å². The van der Waals surface area contributed by atoms with E-state index in [9.17, 15) is 0 Å². The summed E-state index contributed by atoms with van der Waals surface area (Å²) in [6, 6.07) is 13.9. The van der Waals surface area contributed by atoms with Crippen molar-refractivity contribution in [3.8, 4) is 23.0 Å². The van der Waals surface area contributed by atoms with E-state index in [-0.39, 0.29) is 6.79 Å². The normalized spacial score (nSPS) is 16.3. The van der Waals surface area contributed by atoms with Gasteiger partial charge in [-0.25, -0.2) is 0 Å². The van der Waals surface area contributed by atoms with E-state index in [1.54, 1.807) is 0 Å². The molecule has 4 heteroatoms. The Morgan fingerprint density at radius 1 is 0.810 bits per heavy atom. The molecule has 0 amide bonds. The second-order valence-corrected chi connectivity index (χ2v) is 5.31. The quantitative estimate of drug-likeness (QED) is 0.857. The van der Waals surface area contributed by atoms with Crippen molar-refractivity contribution < 1.29 is 14.2 Å². The fraction of sp³-hybridized carbons (Fsp3) is 0.294. The predicted molar refractivity (Wildman–Crippen MR) is 80.5 cm³/mol. The minimum Gasteiger partial charge on any atom is -0.457 e. The molecule has 2 aliphatic heterocycles. The van der Waals surface area contributed by atoms with Crippen LogP contribution in [0, 0.1) is 0 Å². The molecule has 0 bridgehead atoms. The van der Waals surface area contributed by atoms with Crippen molar-refractivity contribution in [2.45, 2.75) is 12.8 Å². The van der Waals surface area contributed by atoms with Crippen LogP contribution in [0.4, 0.5) is 5.69 Å². The SMILES string of the molecule is c1cc(N2CCCC2)ccc1Oc1ccc2c(c1)OCO2. The summed E-state index contributed by atoms with van der Waals surface area (Å²) in [5.41, 5.74) is 1.27. The molecule has 2 aromatic carbocycles. The van der Waals surface area contributed by atoms with Crippen molar-refractivity contribution in [3.63, 3.8) is 0 Å². The Morgan fingerprint density at radius 3 is 2.33 bits per heavy atom. The molecule has 0 atom stereocenters. The topological polar surface area (TPSA) is 30.9 Å². The number of benzene rings is 2. The first-order valence-corrected chi connectivity index (χ1v) is 7.31. The monoisotopic (exact) mass is 283 g/mol. The Balaban J connectivity index is 1.49. The number of nitrogens with zero attached hydrogens (tertiary/aromatic N) is 1. The fourth-order valence-electron chi connectivity index (χ4n) is 2.78. The summed E-state index contributed by atoms with van der Waals surface area (Å²) >= 11 is 0. The molecule has 0 N–H and O–H groups in total. The van der Waals surface area contributed by atoms with Crippen molar-refractivity contribution >= 4 is 5.69 Å². The Hall–Kier alpha value is -2.36. The number of ether oxygens (including phenoxy) is 3. The largest absolute Gasteiger partial charge is 0.457 e. The molecule has 21 heavy (non-hydrogen) atoms. The predicted octanol–water partition coefficient (Wildman–Crippen LogP) is 3.81. The summed E-state index contributed by atoms with van der Waals surface area (Å²) in [4.78, 5) is 2.41. The third-order valence-electron chi connectivity index (χ3n) is 3.89. The van der Waals surface area contributed by atoms with Gasteiger partial charge >= 0.3 is 0 Å². The highest BCUT2D eigenvalue weighted by atomic mass is 16.7. The maximum atomic E-state index is 5.87. The summed E-state index contributed by atoms with van der Waals surface area (Å²) < 4.78 is 16.5. The van der Waals surface area contributed by atoms with Crippen molar-refractivity contribution in [2.75, 3.05) is 24.8 Å². The van der Waals surface area contributed by atoms with Gasteiger partial charge in [0.25, 0.3) is 0 Å². The molecule has 2 aliphatic rings. The smallest absolute Gasteiger partial charge is 0.231 e. The van der Waals surface area contributed by atoms with Crippen LogP contribution in [0.5, 0.6) is 23.0 Å². The molecule has 0 unspecified atom stereocenters. The molecule has 0 spiro atoms. The van der Waals surface area contributed by atoms with Crippen LogP contribution in [0.1, 0.15) is 12.8 Å². The fourth-order valence-corrected chi connectivity index (χ4v) is 2.78. The average Bonchev–Trinajstić information content (AvgIpc) is 3.19. The van der Waals surface area contributed by atoms with E-state index < -0.39 is 0 Å². The number of fused-ring (bicyclic) bond motifs is 1. The van der Waals surface area contributed by atoms with E-state index in [0.717, 1.165) is 36.1 Å².